The Morgan fingerprint density at radius 1 is 1.41 bits per heavy atom. The number of unbranched alkanes of at least 4 members (excludes halogenated alkanes) is 1. The van der Waals surface area contributed by atoms with Crippen LogP contribution in [0.3, 0.4) is 0 Å². The summed E-state index contributed by atoms with van der Waals surface area (Å²) < 4.78 is 4.96. The van der Waals surface area contributed by atoms with Crippen molar-refractivity contribution in [3.8, 4) is 0 Å². The highest BCUT2D eigenvalue weighted by atomic mass is 16.5. The molecule has 1 aliphatic rings. The molecule has 0 aliphatic heterocycles. The first kappa shape index (κ1) is 14.5. The average Bonchev–Trinajstić information content (AvgIpc) is 2.32. The van der Waals surface area contributed by atoms with Crippen LogP contribution in [0.2, 0.25) is 0 Å². The maximum absolute atomic E-state index is 11.9. The lowest BCUT2D eigenvalue weighted by molar-refractivity contribution is -0.126. The lowest BCUT2D eigenvalue weighted by Gasteiger charge is -2.31. The summed E-state index contributed by atoms with van der Waals surface area (Å²) in [5.41, 5.74) is 5.95. The van der Waals surface area contributed by atoms with E-state index in [0.29, 0.717) is 5.92 Å². The van der Waals surface area contributed by atoms with Crippen molar-refractivity contribution < 1.29 is 9.53 Å². The molecule has 0 heterocycles. The molecule has 0 aromatic rings. The Kier molecular flexibility index (Phi) is 6.52. The van der Waals surface area contributed by atoms with Gasteiger partial charge in [-0.1, -0.05) is 6.92 Å². The molecule has 1 amide bonds. The molecule has 4 heteroatoms. The number of hydrogen-bond acceptors (Lipinski definition) is 3. The molecule has 0 bridgehead atoms. The molecule has 0 aromatic heterocycles. The predicted octanol–water partition coefficient (Wildman–Crippen LogP) is 1.29. The fourth-order valence-corrected chi connectivity index (χ4v) is 2.39. The number of amides is 1. The quantitative estimate of drug-likeness (QED) is 0.690. The average molecular weight is 242 g/mol. The summed E-state index contributed by atoms with van der Waals surface area (Å²) in [6.45, 7) is 3.67. The number of ether oxygens (including phenoxy) is 1. The normalized spacial score (nSPS) is 29.0. The van der Waals surface area contributed by atoms with E-state index >= 15 is 0 Å². The molecule has 1 rings (SSSR count). The highest BCUT2D eigenvalue weighted by Gasteiger charge is 2.29. The van der Waals surface area contributed by atoms with Crippen LogP contribution < -0.4 is 11.1 Å². The van der Waals surface area contributed by atoms with Gasteiger partial charge in [-0.2, -0.15) is 0 Å². The molecule has 0 saturated heterocycles. The molecule has 1 aliphatic carbocycles. The van der Waals surface area contributed by atoms with Crippen molar-refractivity contribution in [1.29, 1.82) is 0 Å². The van der Waals surface area contributed by atoms with Crippen molar-refractivity contribution in [3.05, 3.63) is 0 Å². The predicted molar refractivity (Wildman–Crippen MR) is 68.6 cm³/mol. The standard InChI is InChI=1S/C13H26N2O2/c1-10-9-11(5-6-12(10)14)13(16)15-7-3-4-8-17-2/h10-12H,3-9,14H2,1-2H3,(H,15,16). The SMILES string of the molecule is COCCCCNC(=O)C1CCC(N)C(C)C1. The molecule has 17 heavy (non-hydrogen) atoms. The largest absolute Gasteiger partial charge is 0.385 e. The molecule has 0 aromatic carbocycles. The molecule has 3 N–H and O–H groups in total. The Morgan fingerprint density at radius 3 is 2.82 bits per heavy atom. The van der Waals surface area contributed by atoms with Gasteiger partial charge in [0, 0.05) is 32.2 Å². The smallest absolute Gasteiger partial charge is 0.223 e. The van der Waals surface area contributed by atoms with Crippen LogP contribution in [0.1, 0.15) is 39.0 Å². The monoisotopic (exact) mass is 242 g/mol. The van der Waals surface area contributed by atoms with E-state index in [1.165, 1.54) is 0 Å². The number of nitrogens with one attached hydrogen (secondary N) is 1. The molecule has 0 spiro atoms. The first-order chi connectivity index (χ1) is 8.15. The van der Waals surface area contributed by atoms with Gasteiger partial charge in [0.2, 0.25) is 5.91 Å². The first-order valence-corrected chi connectivity index (χ1v) is 6.67. The number of methoxy groups -OCH3 is 1. The second kappa shape index (κ2) is 7.67. The Morgan fingerprint density at radius 2 is 2.18 bits per heavy atom. The van der Waals surface area contributed by atoms with E-state index in [4.69, 9.17) is 10.5 Å². The van der Waals surface area contributed by atoms with Gasteiger partial charge in [0.1, 0.15) is 0 Å². The molecule has 100 valence electrons. The van der Waals surface area contributed by atoms with Crippen LogP contribution >= 0.6 is 0 Å². The van der Waals surface area contributed by atoms with Crippen LogP contribution in [0.15, 0.2) is 0 Å². The van der Waals surface area contributed by atoms with Gasteiger partial charge in [-0.15, -0.1) is 0 Å². The number of hydrogen-bond donors (Lipinski definition) is 2. The van der Waals surface area contributed by atoms with Gasteiger partial charge < -0.3 is 15.8 Å². The molecule has 1 saturated carbocycles. The van der Waals surface area contributed by atoms with Gasteiger partial charge in [0.15, 0.2) is 0 Å². The lowest BCUT2D eigenvalue weighted by atomic mass is 9.79. The molecular formula is C13H26N2O2. The van der Waals surface area contributed by atoms with Gasteiger partial charge in [0.05, 0.1) is 0 Å². The van der Waals surface area contributed by atoms with E-state index in [-0.39, 0.29) is 17.9 Å². The second-order valence-corrected chi connectivity index (χ2v) is 5.14. The van der Waals surface area contributed by atoms with E-state index in [0.717, 1.165) is 45.3 Å². The van der Waals surface area contributed by atoms with Crippen molar-refractivity contribution in [3.63, 3.8) is 0 Å². The Labute approximate surface area is 104 Å². The lowest BCUT2D eigenvalue weighted by Crippen LogP contribution is -2.40. The van der Waals surface area contributed by atoms with Crippen LogP contribution in [0, 0.1) is 11.8 Å². The third kappa shape index (κ3) is 5.04. The van der Waals surface area contributed by atoms with Gasteiger partial charge >= 0.3 is 0 Å². The van der Waals surface area contributed by atoms with Crippen molar-refractivity contribution in [2.45, 2.75) is 45.1 Å². The van der Waals surface area contributed by atoms with Crippen molar-refractivity contribution in [2.75, 3.05) is 20.3 Å². The molecule has 3 atom stereocenters. The third-order valence-electron chi connectivity index (χ3n) is 3.68. The van der Waals surface area contributed by atoms with Gasteiger partial charge in [0.25, 0.3) is 0 Å². The van der Waals surface area contributed by atoms with Crippen molar-refractivity contribution >= 4 is 5.91 Å². The Bertz CT molecular complexity index is 233. The first-order valence-electron chi connectivity index (χ1n) is 6.67. The Balaban J connectivity index is 2.15. The minimum atomic E-state index is 0.173. The van der Waals surface area contributed by atoms with Crippen LogP contribution in [-0.4, -0.2) is 32.2 Å². The molecule has 0 radical (unpaired) electrons. The zero-order valence-corrected chi connectivity index (χ0v) is 11.1. The number of carbonyl (C=O) groups excluding carboxylic acids is 1. The van der Waals surface area contributed by atoms with Crippen LogP contribution in [0.4, 0.5) is 0 Å². The summed E-state index contributed by atoms with van der Waals surface area (Å²) in [6.07, 6.45) is 4.84. The molecular weight excluding hydrogens is 216 g/mol. The molecule has 1 fully saturated rings. The van der Waals surface area contributed by atoms with Crippen molar-refractivity contribution in [2.24, 2.45) is 17.6 Å². The summed E-state index contributed by atoms with van der Waals surface area (Å²) in [4.78, 5) is 11.9. The summed E-state index contributed by atoms with van der Waals surface area (Å²) in [7, 11) is 1.70. The summed E-state index contributed by atoms with van der Waals surface area (Å²) >= 11 is 0. The van der Waals surface area contributed by atoms with Crippen LogP contribution in [0.5, 0.6) is 0 Å². The van der Waals surface area contributed by atoms with E-state index in [9.17, 15) is 4.79 Å². The van der Waals surface area contributed by atoms with E-state index in [1.807, 2.05) is 0 Å². The Hall–Kier alpha value is -0.610. The van der Waals surface area contributed by atoms with Gasteiger partial charge in [-0.3, -0.25) is 4.79 Å². The zero-order valence-electron chi connectivity index (χ0n) is 11.1. The maximum atomic E-state index is 11.9. The van der Waals surface area contributed by atoms with E-state index in [1.54, 1.807) is 7.11 Å². The highest BCUT2D eigenvalue weighted by Crippen LogP contribution is 2.27. The fourth-order valence-electron chi connectivity index (χ4n) is 2.39. The topological polar surface area (TPSA) is 64.3 Å². The van der Waals surface area contributed by atoms with Crippen LogP contribution in [-0.2, 0) is 9.53 Å². The third-order valence-corrected chi connectivity index (χ3v) is 3.68. The van der Waals surface area contributed by atoms with Crippen LogP contribution in [0.25, 0.3) is 0 Å². The second-order valence-electron chi connectivity index (χ2n) is 5.14. The molecule has 3 unspecified atom stereocenters. The zero-order chi connectivity index (χ0) is 12.7. The summed E-state index contributed by atoms with van der Waals surface area (Å²) in [6, 6.07) is 0.278. The minimum absolute atomic E-state index is 0.173. The number of rotatable bonds is 6. The molecule has 4 nitrogen and oxygen atoms in total. The van der Waals surface area contributed by atoms with E-state index < -0.39 is 0 Å². The van der Waals surface area contributed by atoms with E-state index in [2.05, 4.69) is 12.2 Å². The van der Waals surface area contributed by atoms with Gasteiger partial charge in [-0.05, 0) is 38.0 Å². The van der Waals surface area contributed by atoms with Gasteiger partial charge in [-0.25, -0.2) is 0 Å². The number of carbonyl (C=O) groups is 1. The summed E-state index contributed by atoms with van der Waals surface area (Å²) in [5, 5.41) is 3.01. The minimum Gasteiger partial charge on any atom is -0.385 e. The van der Waals surface area contributed by atoms with Crippen molar-refractivity contribution in [1.82, 2.24) is 5.32 Å². The number of nitrogens with two attached hydrogens (primary N) is 1. The summed E-state index contributed by atoms with van der Waals surface area (Å²) in [5.74, 6) is 0.849. The fraction of sp³-hybridized carbons (Fsp3) is 0.923. The highest BCUT2D eigenvalue weighted by molar-refractivity contribution is 5.78. The maximum Gasteiger partial charge on any atom is 0.223 e.